The third-order valence-corrected chi connectivity index (χ3v) is 7.55. The van der Waals surface area contributed by atoms with E-state index < -0.39 is 12.0 Å². The van der Waals surface area contributed by atoms with Gasteiger partial charge < -0.3 is 24.1 Å². The molecule has 1 aliphatic heterocycles. The van der Waals surface area contributed by atoms with Gasteiger partial charge in [0.1, 0.15) is 18.0 Å². The Kier molecular flexibility index (Phi) is 8.02. The second-order valence-electron chi connectivity index (χ2n) is 10.3. The minimum atomic E-state index is -0.762. The zero-order valence-electron chi connectivity index (χ0n) is 21.4. The largest absolute Gasteiger partial charge is 0.461 e. The summed E-state index contributed by atoms with van der Waals surface area (Å²) in [5, 5.41) is 12.9. The third-order valence-electron chi connectivity index (χ3n) is 7.55. The van der Waals surface area contributed by atoms with E-state index in [0.717, 1.165) is 86.3 Å². The van der Waals surface area contributed by atoms with E-state index in [0.29, 0.717) is 18.0 Å². The van der Waals surface area contributed by atoms with Gasteiger partial charge in [0.25, 0.3) is 5.56 Å². The molecule has 9 nitrogen and oxygen atoms in total. The van der Waals surface area contributed by atoms with Gasteiger partial charge in [0, 0.05) is 43.6 Å². The maximum atomic E-state index is 12.5. The topological polar surface area (TPSA) is 118 Å². The van der Waals surface area contributed by atoms with E-state index in [1.165, 1.54) is 0 Å². The number of hydrogen-bond donors (Lipinski definition) is 3. The number of ether oxygens (including phenoxy) is 2. The molecule has 1 aromatic carbocycles. The molecule has 3 aromatic rings. The lowest BCUT2D eigenvalue weighted by Crippen LogP contribution is -2.41. The molecule has 9 heteroatoms. The Bertz CT molecular complexity index is 1290. The van der Waals surface area contributed by atoms with Crippen LogP contribution >= 0.6 is 0 Å². The number of esters is 1. The van der Waals surface area contributed by atoms with Gasteiger partial charge in [-0.25, -0.2) is 4.98 Å². The van der Waals surface area contributed by atoms with Crippen LogP contribution in [0.25, 0.3) is 22.4 Å². The van der Waals surface area contributed by atoms with Crippen molar-refractivity contribution in [3.8, 4) is 11.4 Å². The number of benzene rings is 1. The predicted octanol–water partition coefficient (Wildman–Crippen LogP) is 3.06. The van der Waals surface area contributed by atoms with Crippen LogP contribution in [0.2, 0.25) is 0 Å². The van der Waals surface area contributed by atoms with Gasteiger partial charge in [-0.3, -0.25) is 14.9 Å². The molecule has 3 heterocycles. The molecule has 1 aliphatic carbocycles. The summed E-state index contributed by atoms with van der Waals surface area (Å²) in [7, 11) is 0. The van der Waals surface area contributed by atoms with Crippen molar-refractivity contribution in [2.24, 2.45) is 5.92 Å². The van der Waals surface area contributed by atoms with Gasteiger partial charge in [-0.15, -0.1) is 0 Å². The summed E-state index contributed by atoms with van der Waals surface area (Å²) in [5.74, 6) is 0.914. The number of aliphatic hydroxyl groups is 1. The Morgan fingerprint density at radius 2 is 2.03 bits per heavy atom. The number of nitrogens with zero attached hydrogens (tertiary/aromatic N) is 2. The minimum Gasteiger partial charge on any atom is -0.461 e. The monoisotopic (exact) mass is 508 g/mol. The van der Waals surface area contributed by atoms with Gasteiger partial charge in [0.15, 0.2) is 0 Å². The van der Waals surface area contributed by atoms with Crippen molar-refractivity contribution in [2.75, 3.05) is 19.8 Å². The highest BCUT2D eigenvalue weighted by molar-refractivity contribution is 5.81. The van der Waals surface area contributed by atoms with Gasteiger partial charge >= 0.3 is 5.97 Å². The molecule has 3 N–H and O–H groups in total. The molecule has 1 saturated carbocycles. The number of nitrogens with one attached hydrogen (secondary N) is 2. The van der Waals surface area contributed by atoms with E-state index in [1.807, 2.05) is 18.2 Å². The van der Waals surface area contributed by atoms with Gasteiger partial charge in [0.05, 0.1) is 17.6 Å². The lowest BCUT2D eigenvalue weighted by atomic mass is 10.00. The zero-order valence-corrected chi connectivity index (χ0v) is 21.4. The summed E-state index contributed by atoms with van der Waals surface area (Å²) in [6, 6.07) is 7.22. The highest BCUT2D eigenvalue weighted by Crippen LogP contribution is 2.29. The number of H-pyrrole nitrogens is 1. The number of aromatic amines is 1. The van der Waals surface area contributed by atoms with Crippen LogP contribution in [0.1, 0.15) is 49.7 Å². The van der Waals surface area contributed by atoms with Gasteiger partial charge in [-0.1, -0.05) is 6.07 Å². The second kappa shape index (κ2) is 11.6. The number of carbonyl (C=O) groups excluding carboxylic acids is 1. The summed E-state index contributed by atoms with van der Waals surface area (Å²) in [6.45, 7) is 4.26. The summed E-state index contributed by atoms with van der Waals surface area (Å²) < 4.78 is 13.4. The molecule has 1 saturated heterocycles. The first kappa shape index (κ1) is 25.6. The molecule has 1 atom stereocenters. The number of aryl methyl sites for hydroxylation is 1. The number of hydrogen-bond acceptors (Lipinski definition) is 7. The van der Waals surface area contributed by atoms with Crippen LogP contribution in [-0.4, -0.2) is 57.6 Å². The van der Waals surface area contributed by atoms with Crippen molar-refractivity contribution in [1.29, 1.82) is 0 Å². The van der Waals surface area contributed by atoms with Crippen LogP contribution in [0, 0.1) is 12.8 Å². The molecule has 2 aromatic heterocycles. The van der Waals surface area contributed by atoms with Crippen molar-refractivity contribution in [3.05, 3.63) is 51.9 Å². The number of fused-ring (bicyclic) bond motifs is 1. The molecule has 0 amide bonds. The third kappa shape index (κ3) is 5.95. The normalized spacial score (nSPS) is 17.9. The van der Waals surface area contributed by atoms with Crippen LogP contribution in [0.15, 0.2) is 35.3 Å². The maximum absolute atomic E-state index is 12.5. The molecular weight excluding hydrogens is 472 g/mol. The number of aliphatic hydroxyl groups excluding tert-OH is 1. The fourth-order valence-electron chi connectivity index (χ4n) is 5.32. The number of rotatable bonds is 9. The van der Waals surface area contributed by atoms with E-state index in [9.17, 15) is 14.7 Å². The molecule has 0 spiro atoms. The van der Waals surface area contributed by atoms with Crippen molar-refractivity contribution < 1.29 is 19.4 Å². The second-order valence-corrected chi connectivity index (χ2v) is 10.3. The van der Waals surface area contributed by atoms with Gasteiger partial charge in [-0.05, 0) is 75.1 Å². The summed E-state index contributed by atoms with van der Waals surface area (Å²) >= 11 is 0. The molecule has 198 valence electrons. The SMILES string of the molecule is Cc1cc(-c2nc3cc(CNC(CO)C(=O)OC4CCCC4)ccc3n2CC2CCOCC2)c[nH]c1=O. The maximum Gasteiger partial charge on any atom is 0.325 e. The van der Waals surface area contributed by atoms with Gasteiger partial charge in [0.2, 0.25) is 0 Å². The van der Waals surface area contributed by atoms with Crippen LogP contribution < -0.4 is 10.9 Å². The van der Waals surface area contributed by atoms with Crippen molar-refractivity contribution >= 4 is 17.0 Å². The highest BCUT2D eigenvalue weighted by Gasteiger charge is 2.25. The van der Waals surface area contributed by atoms with E-state index in [2.05, 4.69) is 20.9 Å². The summed E-state index contributed by atoms with van der Waals surface area (Å²) in [4.78, 5) is 32.3. The minimum absolute atomic E-state index is 0.0330. The molecular formula is C28H36N4O5. The number of carbonyl (C=O) groups is 1. The van der Waals surface area contributed by atoms with Crippen LogP contribution in [0.4, 0.5) is 0 Å². The van der Waals surface area contributed by atoms with E-state index >= 15 is 0 Å². The fourth-order valence-corrected chi connectivity index (χ4v) is 5.32. The van der Waals surface area contributed by atoms with E-state index in [1.54, 1.807) is 13.1 Å². The van der Waals surface area contributed by atoms with Crippen LogP contribution in [0.3, 0.4) is 0 Å². The Morgan fingerprint density at radius 1 is 1.24 bits per heavy atom. The predicted molar refractivity (Wildman–Crippen MR) is 140 cm³/mol. The number of imidazole rings is 1. The van der Waals surface area contributed by atoms with Crippen molar-refractivity contribution in [2.45, 2.75) is 70.7 Å². The Balaban J connectivity index is 1.38. The molecule has 0 radical (unpaired) electrons. The van der Waals surface area contributed by atoms with Crippen LogP contribution in [0.5, 0.6) is 0 Å². The van der Waals surface area contributed by atoms with E-state index in [-0.39, 0.29) is 18.3 Å². The Labute approximate surface area is 216 Å². The lowest BCUT2D eigenvalue weighted by Gasteiger charge is -2.23. The van der Waals surface area contributed by atoms with Crippen molar-refractivity contribution in [1.82, 2.24) is 19.9 Å². The molecule has 0 bridgehead atoms. The van der Waals surface area contributed by atoms with Gasteiger partial charge in [-0.2, -0.15) is 0 Å². The average molecular weight is 509 g/mol. The first-order chi connectivity index (χ1) is 18.0. The Morgan fingerprint density at radius 3 is 2.76 bits per heavy atom. The van der Waals surface area contributed by atoms with Crippen LogP contribution in [-0.2, 0) is 27.4 Å². The van der Waals surface area contributed by atoms with E-state index in [4.69, 9.17) is 14.5 Å². The molecule has 2 aliphatic rings. The average Bonchev–Trinajstić information content (AvgIpc) is 3.54. The standard InChI is InChI=1S/C28H36N4O5/c1-18-12-21(15-30-27(18)34)26-31-23-13-20(6-7-25(23)32(26)16-19-8-10-36-11-9-19)14-29-24(17-33)28(35)37-22-4-2-3-5-22/h6-7,12-13,15,19,22,24,29,33H,2-5,8-11,14,16-17H2,1H3,(H,30,34). The Hall–Kier alpha value is -3.01. The molecule has 5 rings (SSSR count). The fraction of sp³-hybridized carbons (Fsp3) is 0.536. The quantitative estimate of drug-likeness (QED) is 0.380. The molecule has 2 fully saturated rings. The number of pyridine rings is 1. The highest BCUT2D eigenvalue weighted by atomic mass is 16.5. The van der Waals surface area contributed by atoms with Crippen molar-refractivity contribution in [3.63, 3.8) is 0 Å². The molecule has 1 unspecified atom stereocenters. The number of aromatic nitrogens is 3. The molecule has 37 heavy (non-hydrogen) atoms. The smallest absolute Gasteiger partial charge is 0.325 e. The zero-order chi connectivity index (χ0) is 25.8. The summed E-state index contributed by atoms with van der Waals surface area (Å²) in [6.07, 6.45) is 7.66. The first-order valence-corrected chi connectivity index (χ1v) is 13.3. The summed E-state index contributed by atoms with van der Waals surface area (Å²) in [5.41, 5.74) is 4.24. The lowest BCUT2D eigenvalue weighted by molar-refractivity contribution is -0.152. The first-order valence-electron chi connectivity index (χ1n) is 13.3.